The summed E-state index contributed by atoms with van der Waals surface area (Å²) in [5.41, 5.74) is 5.62. The van der Waals surface area contributed by atoms with Crippen LogP contribution in [0.4, 0.5) is 5.82 Å². The van der Waals surface area contributed by atoms with Gasteiger partial charge < -0.3 is 20.4 Å². The molecule has 5 rings (SSSR count). The summed E-state index contributed by atoms with van der Waals surface area (Å²) in [4.78, 5) is 7.46. The topological polar surface area (TPSA) is 68.6 Å². The van der Waals surface area contributed by atoms with Crippen molar-refractivity contribution >= 4 is 5.82 Å². The Morgan fingerprint density at radius 2 is 1.59 bits per heavy atom. The van der Waals surface area contributed by atoms with Gasteiger partial charge in [-0.15, -0.1) is 0 Å². The van der Waals surface area contributed by atoms with Gasteiger partial charge in [0.1, 0.15) is 5.82 Å². The highest BCUT2D eigenvalue weighted by molar-refractivity contribution is 5.65. The lowest BCUT2D eigenvalue weighted by atomic mass is 9.63. The van der Waals surface area contributed by atoms with Crippen LogP contribution in [0.25, 0.3) is 11.3 Å². The van der Waals surface area contributed by atoms with Crippen LogP contribution in [0.3, 0.4) is 0 Å². The SMILES string of the molecule is CC1(C)CCC(C)(C)c2cc(-c3cccc(N4CCC(NC5CCC(O)C5O)CC4)n3)ccc21. The summed E-state index contributed by atoms with van der Waals surface area (Å²) in [6.45, 7) is 11.4. The van der Waals surface area contributed by atoms with E-state index in [-0.39, 0.29) is 16.9 Å². The Kier molecular flexibility index (Phi) is 6.24. The highest BCUT2D eigenvalue weighted by Gasteiger charge is 2.37. The van der Waals surface area contributed by atoms with E-state index in [9.17, 15) is 10.2 Å². The maximum Gasteiger partial charge on any atom is 0.129 e. The molecule has 0 bridgehead atoms. The molecule has 5 heteroatoms. The van der Waals surface area contributed by atoms with Crippen molar-refractivity contribution in [3.05, 3.63) is 47.5 Å². The van der Waals surface area contributed by atoms with Crippen molar-refractivity contribution in [2.75, 3.05) is 18.0 Å². The predicted octanol–water partition coefficient (Wildman–Crippen LogP) is 4.54. The average molecular weight is 464 g/mol. The number of rotatable bonds is 4. The van der Waals surface area contributed by atoms with E-state index in [4.69, 9.17) is 4.98 Å². The lowest BCUT2D eigenvalue weighted by Gasteiger charge is -2.42. The van der Waals surface area contributed by atoms with E-state index in [1.807, 2.05) is 0 Å². The van der Waals surface area contributed by atoms with Gasteiger partial charge in [-0.1, -0.05) is 45.9 Å². The number of benzene rings is 1. The van der Waals surface area contributed by atoms with Gasteiger partial charge in [-0.3, -0.25) is 0 Å². The van der Waals surface area contributed by atoms with Crippen LogP contribution in [0.2, 0.25) is 0 Å². The predicted molar refractivity (Wildman–Crippen MR) is 138 cm³/mol. The average Bonchev–Trinajstić information content (AvgIpc) is 3.14. The Morgan fingerprint density at radius 3 is 2.26 bits per heavy atom. The van der Waals surface area contributed by atoms with E-state index in [1.54, 1.807) is 0 Å². The molecule has 5 nitrogen and oxygen atoms in total. The molecule has 2 aromatic rings. The van der Waals surface area contributed by atoms with Crippen molar-refractivity contribution in [3.63, 3.8) is 0 Å². The minimum Gasteiger partial charge on any atom is -0.390 e. The molecular formula is C29H41N3O2. The van der Waals surface area contributed by atoms with Crippen molar-refractivity contribution in [1.82, 2.24) is 10.3 Å². The van der Waals surface area contributed by atoms with Crippen LogP contribution in [0.15, 0.2) is 36.4 Å². The van der Waals surface area contributed by atoms with Crippen LogP contribution in [-0.4, -0.2) is 52.6 Å². The standard InChI is InChI=1S/C29H41N3O2/c1-28(2)14-15-29(3,4)22-18-19(8-9-21(22)28)23-6-5-7-26(31-23)32-16-12-20(13-17-32)30-24-10-11-25(33)27(24)34/h5-9,18,20,24-25,27,30,33-34H,10-17H2,1-4H3. The highest BCUT2D eigenvalue weighted by atomic mass is 16.3. The smallest absolute Gasteiger partial charge is 0.129 e. The van der Waals surface area contributed by atoms with Gasteiger partial charge >= 0.3 is 0 Å². The molecule has 3 aliphatic rings. The fraction of sp³-hybridized carbons (Fsp3) is 0.621. The maximum absolute atomic E-state index is 10.2. The van der Waals surface area contributed by atoms with Gasteiger partial charge in [-0.2, -0.15) is 0 Å². The van der Waals surface area contributed by atoms with E-state index in [1.165, 1.54) is 29.5 Å². The maximum atomic E-state index is 10.2. The van der Waals surface area contributed by atoms with Crippen LogP contribution in [-0.2, 0) is 10.8 Å². The number of fused-ring (bicyclic) bond motifs is 1. The molecule has 0 amide bonds. The van der Waals surface area contributed by atoms with Gasteiger partial charge in [0.15, 0.2) is 0 Å². The summed E-state index contributed by atoms with van der Waals surface area (Å²) in [5, 5.41) is 23.6. The summed E-state index contributed by atoms with van der Waals surface area (Å²) >= 11 is 0. The van der Waals surface area contributed by atoms with Crippen LogP contribution in [0.1, 0.15) is 77.3 Å². The lowest BCUT2D eigenvalue weighted by Crippen LogP contribution is -2.49. The van der Waals surface area contributed by atoms with E-state index >= 15 is 0 Å². The zero-order chi connectivity index (χ0) is 24.1. The second kappa shape index (κ2) is 8.92. The van der Waals surface area contributed by atoms with Crippen LogP contribution in [0, 0.1) is 0 Å². The molecule has 1 aromatic carbocycles. The lowest BCUT2D eigenvalue weighted by molar-refractivity contribution is 0.0276. The first-order valence-corrected chi connectivity index (χ1v) is 13.1. The second-order valence-corrected chi connectivity index (χ2v) is 12.1. The van der Waals surface area contributed by atoms with E-state index in [0.717, 1.165) is 43.9 Å². The van der Waals surface area contributed by atoms with Gasteiger partial charge in [0.25, 0.3) is 0 Å². The Bertz CT molecular complexity index is 1030. The Balaban J connectivity index is 1.30. The van der Waals surface area contributed by atoms with Crippen LogP contribution < -0.4 is 10.2 Å². The number of aliphatic hydroxyl groups is 2. The third kappa shape index (κ3) is 4.50. The molecule has 34 heavy (non-hydrogen) atoms. The first kappa shape index (κ1) is 23.8. The Labute approximate surface area is 204 Å². The number of nitrogens with zero attached hydrogens (tertiary/aromatic N) is 2. The quantitative estimate of drug-likeness (QED) is 0.621. The summed E-state index contributed by atoms with van der Waals surface area (Å²) < 4.78 is 0. The van der Waals surface area contributed by atoms with Crippen molar-refractivity contribution in [2.45, 2.75) is 101 Å². The fourth-order valence-corrected chi connectivity index (χ4v) is 6.23. The van der Waals surface area contributed by atoms with Crippen molar-refractivity contribution in [2.24, 2.45) is 0 Å². The molecule has 2 heterocycles. The molecular weight excluding hydrogens is 422 g/mol. The molecule has 0 radical (unpaired) electrons. The first-order chi connectivity index (χ1) is 16.1. The number of aliphatic hydroxyl groups excluding tert-OH is 2. The molecule has 1 saturated heterocycles. The van der Waals surface area contributed by atoms with Gasteiger partial charge in [0.05, 0.1) is 17.9 Å². The molecule has 1 aromatic heterocycles. The molecule has 1 saturated carbocycles. The molecule has 184 valence electrons. The zero-order valence-electron chi connectivity index (χ0n) is 21.2. The number of pyridine rings is 1. The summed E-state index contributed by atoms with van der Waals surface area (Å²) in [7, 11) is 0. The number of hydrogen-bond donors (Lipinski definition) is 3. The minimum absolute atomic E-state index is 0.0197. The molecule has 1 aliphatic heterocycles. The number of anilines is 1. The number of hydrogen-bond acceptors (Lipinski definition) is 5. The Morgan fingerprint density at radius 1 is 0.882 bits per heavy atom. The molecule has 3 N–H and O–H groups in total. The molecule has 0 spiro atoms. The van der Waals surface area contributed by atoms with Crippen molar-refractivity contribution in [1.29, 1.82) is 0 Å². The summed E-state index contributed by atoms with van der Waals surface area (Å²) in [5.74, 6) is 1.05. The van der Waals surface area contributed by atoms with Crippen LogP contribution in [0.5, 0.6) is 0 Å². The Hall–Kier alpha value is -1.95. The van der Waals surface area contributed by atoms with Gasteiger partial charge in [0, 0.05) is 30.7 Å². The van der Waals surface area contributed by atoms with E-state index in [2.05, 4.69) is 74.3 Å². The largest absolute Gasteiger partial charge is 0.390 e. The van der Waals surface area contributed by atoms with E-state index in [0.29, 0.717) is 12.5 Å². The normalized spacial score (nSPS) is 28.6. The third-order valence-corrected chi connectivity index (χ3v) is 8.73. The molecule has 3 atom stereocenters. The molecule has 2 aliphatic carbocycles. The highest BCUT2D eigenvalue weighted by Crippen LogP contribution is 2.46. The van der Waals surface area contributed by atoms with Gasteiger partial charge in [0.2, 0.25) is 0 Å². The van der Waals surface area contributed by atoms with Gasteiger partial charge in [-0.25, -0.2) is 4.98 Å². The third-order valence-electron chi connectivity index (χ3n) is 8.73. The summed E-state index contributed by atoms with van der Waals surface area (Å²) in [6, 6.07) is 13.8. The number of aromatic nitrogens is 1. The second-order valence-electron chi connectivity index (χ2n) is 12.1. The monoisotopic (exact) mass is 463 g/mol. The zero-order valence-corrected chi connectivity index (χ0v) is 21.2. The fourth-order valence-electron chi connectivity index (χ4n) is 6.23. The van der Waals surface area contributed by atoms with Crippen molar-refractivity contribution < 1.29 is 10.2 Å². The first-order valence-electron chi connectivity index (χ1n) is 13.1. The molecule has 3 unspecified atom stereocenters. The van der Waals surface area contributed by atoms with Gasteiger partial charge in [-0.05, 0) is 78.7 Å². The number of nitrogens with one attached hydrogen (secondary N) is 1. The number of piperidine rings is 1. The minimum atomic E-state index is -0.636. The summed E-state index contributed by atoms with van der Waals surface area (Å²) in [6.07, 6.45) is 4.80. The van der Waals surface area contributed by atoms with E-state index < -0.39 is 12.2 Å². The molecule has 2 fully saturated rings. The van der Waals surface area contributed by atoms with Crippen LogP contribution >= 0.6 is 0 Å². The van der Waals surface area contributed by atoms with Crippen molar-refractivity contribution in [3.8, 4) is 11.3 Å².